The molecule has 5 heteroatoms. The smallest absolute Gasteiger partial charge is 0.343 e. The summed E-state index contributed by atoms with van der Waals surface area (Å²) in [6.07, 6.45) is 0.774. The highest BCUT2D eigenvalue weighted by Crippen LogP contribution is 2.29. The fourth-order valence-electron chi connectivity index (χ4n) is 4.01. The predicted octanol–water partition coefficient (Wildman–Crippen LogP) is 5.53. The van der Waals surface area contributed by atoms with E-state index in [1.165, 1.54) is 12.7 Å². The van der Waals surface area contributed by atoms with Crippen LogP contribution in [0, 0.1) is 27.7 Å². The minimum absolute atomic E-state index is 0.365. The molecule has 166 valence electrons. The summed E-state index contributed by atoms with van der Waals surface area (Å²) >= 11 is 0. The van der Waals surface area contributed by atoms with Crippen LogP contribution in [-0.2, 0) is 11.2 Å². The molecule has 5 nitrogen and oxygen atoms in total. The molecule has 0 N–H and O–H groups in total. The number of benzene rings is 3. The number of esters is 2. The van der Waals surface area contributed by atoms with Gasteiger partial charge in [-0.15, -0.1) is 0 Å². The molecule has 0 bridgehead atoms. The van der Waals surface area contributed by atoms with E-state index in [4.69, 9.17) is 9.47 Å². The molecule has 32 heavy (non-hydrogen) atoms. The number of methoxy groups -OCH3 is 2. The van der Waals surface area contributed by atoms with E-state index in [0.717, 1.165) is 40.0 Å². The molecule has 0 radical (unpaired) electrons. The standard InChI is InChI=1S/C27H28O5/c1-16-11-20(12-17(2)24(16)30-5)15-21-13-18(3)25(19(4)14-21)32-27(29)23-9-7-22(8-10-23)26(28)31-6/h7-14H,15H2,1-6H3. The number of carbonyl (C=O) groups is 2. The summed E-state index contributed by atoms with van der Waals surface area (Å²) in [5.41, 5.74) is 7.10. The zero-order valence-electron chi connectivity index (χ0n) is 19.4. The maximum absolute atomic E-state index is 12.6. The topological polar surface area (TPSA) is 61.8 Å². The highest BCUT2D eigenvalue weighted by Gasteiger charge is 2.15. The zero-order valence-corrected chi connectivity index (χ0v) is 19.4. The molecule has 0 aliphatic carbocycles. The number of hydrogen-bond acceptors (Lipinski definition) is 5. The Balaban J connectivity index is 1.79. The third-order valence-corrected chi connectivity index (χ3v) is 5.39. The van der Waals surface area contributed by atoms with Crippen molar-refractivity contribution < 1.29 is 23.8 Å². The van der Waals surface area contributed by atoms with Crippen LogP contribution in [0.2, 0.25) is 0 Å². The number of rotatable bonds is 6. The second-order valence-corrected chi connectivity index (χ2v) is 7.96. The largest absolute Gasteiger partial charge is 0.496 e. The molecule has 0 saturated carbocycles. The first-order valence-corrected chi connectivity index (χ1v) is 10.4. The SMILES string of the molecule is COC(=O)c1ccc(C(=O)Oc2c(C)cc(Cc3cc(C)c(OC)c(C)c3)cc2C)cc1. The lowest BCUT2D eigenvalue weighted by molar-refractivity contribution is 0.0599. The molecule has 3 rings (SSSR count). The highest BCUT2D eigenvalue weighted by atomic mass is 16.5. The van der Waals surface area contributed by atoms with Gasteiger partial charge in [-0.05, 0) is 91.8 Å². The van der Waals surface area contributed by atoms with Gasteiger partial charge in [-0.25, -0.2) is 9.59 Å². The Morgan fingerprint density at radius 2 is 1.06 bits per heavy atom. The summed E-state index contributed by atoms with van der Waals surface area (Å²) in [6.45, 7) is 7.96. The third kappa shape index (κ3) is 4.99. The van der Waals surface area contributed by atoms with Crippen LogP contribution in [0.4, 0.5) is 0 Å². The van der Waals surface area contributed by atoms with E-state index in [1.54, 1.807) is 31.4 Å². The summed E-state index contributed by atoms with van der Waals surface area (Å²) in [5, 5.41) is 0. The Hall–Kier alpha value is -3.60. The molecular formula is C27H28O5. The van der Waals surface area contributed by atoms with Crippen LogP contribution >= 0.6 is 0 Å². The quantitative estimate of drug-likeness (QED) is 0.379. The van der Waals surface area contributed by atoms with Gasteiger partial charge in [0.1, 0.15) is 11.5 Å². The molecule has 0 aromatic heterocycles. The van der Waals surface area contributed by atoms with Crippen LogP contribution in [0.5, 0.6) is 11.5 Å². The fraction of sp³-hybridized carbons (Fsp3) is 0.259. The van der Waals surface area contributed by atoms with E-state index in [0.29, 0.717) is 16.9 Å². The average molecular weight is 433 g/mol. The van der Waals surface area contributed by atoms with Crippen molar-refractivity contribution in [1.29, 1.82) is 0 Å². The Morgan fingerprint density at radius 3 is 1.47 bits per heavy atom. The maximum Gasteiger partial charge on any atom is 0.343 e. The summed E-state index contributed by atoms with van der Waals surface area (Å²) in [7, 11) is 3.01. The number of aryl methyl sites for hydroxylation is 4. The minimum Gasteiger partial charge on any atom is -0.496 e. The Morgan fingerprint density at radius 1 is 0.656 bits per heavy atom. The zero-order chi connectivity index (χ0) is 23.4. The van der Waals surface area contributed by atoms with Crippen molar-refractivity contribution in [2.45, 2.75) is 34.1 Å². The van der Waals surface area contributed by atoms with Crippen molar-refractivity contribution in [3.63, 3.8) is 0 Å². The maximum atomic E-state index is 12.6. The second-order valence-electron chi connectivity index (χ2n) is 7.96. The van der Waals surface area contributed by atoms with E-state index in [9.17, 15) is 9.59 Å². The molecule has 3 aromatic rings. The van der Waals surface area contributed by atoms with Gasteiger partial charge >= 0.3 is 11.9 Å². The van der Waals surface area contributed by atoms with Crippen LogP contribution in [0.3, 0.4) is 0 Å². The van der Waals surface area contributed by atoms with Gasteiger partial charge in [0.15, 0.2) is 0 Å². The normalized spacial score (nSPS) is 10.6. The molecule has 0 atom stereocenters. The van der Waals surface area contributed by atoms with Crippen LogP contribution < -0.4 is 9.47 Å². The van der Waals surface area contributed by atoms with Gasteiger partial charge in [-0.3, -0.25) is 0 Å². The van der Waals surface area contributed by atoms with Crippen LogP contribution in [-0.4, -0.2) is 26.2 Å². The third-order valence-electron chi connectivity index (χ3n) is 5.39. The number of carbonyl (C=O) groups excluding carboxylic acids is 2. The molecule has 3 aromatic carbocycles. The van der Waals surface area contributed by atoms with Crippen molar-refractivity contribution >= 4 is 11.9 Å². The first-order chi connectivity index (χ1) is 15.2. The van der Waals surface area contributed by atoms with Crippen molar-refractivity contribution in [1.82, 2.24) is 0 Å². The molecule has 0 aliphatic heterocycles. The monoisotopic (exact) mass is 432 g/mol. The van der Waals surface area contributed by atoms with Crippen molar-refractivity contribution in [3.05, 3.63) is 93.0 Å². The summed E-state index contributed by atoms with van der Waals surface area (Å²) in [6, 6.07) is 14.6. The van der Waals surface area contributed by atoms with Gasteiger partial charge < -0.3 is 14.2 Å². The molecule has 0 unspecified atom stereocenters. The summed E-state index contributed by atoms with van der Waals surface area (Å²) in [4.78, 5) is 24.2. The lowest BCUT2D eigenvalue weighted by Gasteiger charge is -2.15. The lowest BCUT2D eigenvalue weighted by Crippen LogP contribution is -2.11. The summed E-state index contributed by atoms with van der Waals surface area (Å²) in [5.74, 6) is 0.553. The van der Waals surface area contributed by atoms with E-state index in [1.807, 2.05) is 39.8 Å². The molecule has 0 spiro atoms. The Labute approximate surface area is 188 Å². The first kappa shape index (κ1) is 23.1. The molecule has 0 heterocycles. The fourth-order valence-corrected chi connectivity index (χ4v) is 4.01. The molecule has 0 amide bonds. The van der Waals surface area contributed by atoms with E-state index < -0.39 is 11.9 Å². The van der Waals surface area contributed by atoms with Gasteiger partial charge in [0, 0.05) is 0 Å². The molecule has 0 aliphatic rings. The summed E-state index contributed by atoms with van der Waals surface area (Å²) < 4.78 is 15.8. The molecular weight excluding hydrogens is 404 g/mol. The lowest BCUT2D eigenvalue weighted by atomic mass is 9.97. The average Bonchev–Trinajstić information content (AvgIpc) is 2.75. The van der Waals surface area contributed by atoms with Crippen molar-refractivity contribution in [3.8, 4) is 11.5 Å². The van der Waals surface area contributed by atoms with Crippen LogP contribution in [0.15, 0.2) is 48.5 Å². The predicted molar refractivity (Wildman–Crippen MR) is 124 cm³/mol. The van der Waals surface area contributed by atoms with Gasteiger partial charge in [-0.2, -0.15) is 0 Å². The van der Waals surface area contributed by atoms with Gasteiger partial charge in [-0.1, -0.05) is 24.3 Å². The molecule has 0 fully saturated rings. The van der Waals surface area contributed by atoms with Crippen LogP contribution in [0.25, 0.3) is 0 Å². The minimum atomic E-state index is -0.471. The van der Waals surface area contributed by atoms with Crippen molar-refractivity contribution in [2.24, 2.45) is 0 Å². The Bertz CT molecular complexity index is 1110. The molecule has 0 saturated heterocycles. The van der Waals surface area contributed by atoms with Gasteiger partial charge in [0.25, 0.3) is 0 Å². The van der Waals surface area contributed by atoms with E-state index in [2.05, 4.69) is 16.9 Å². The highest BCUT2D eigenvalue weighted by molar-refractivity contribution is 5.94. The number of ether oxygens (including phenoxy) is 3. The van der Waals surface area contributed by atoms with E-state index in [-0.39, 0.29) is 0 Å². The Kier molecular flexibility index (Phi) is 6.98. The van der Waals surface area contributed by atoms with Gasteiger partial charge in [0.2, 0.25) is 0 Å². The number of hydrogen-bond donors (Lipinski definition) is 0. The van der Waals surface area contributed by atoms with Gasteiger partial charge in [0.05, 0.1) is 25.3 Å². The first-order valence-electron chi connectivity index (χ1n) is 10.4. The van der Waals surface area contributed by atoms with Crippen LogP contribution in [0.1, 0.15) is 54.1 Å². The van der Waals surface area contributed by atoms with E-state index >= 15 is 0 Å². The second kappa shape index (κ2) is 9.69. The van der Waals surface area contributed by atoms with Crippen molar-refractivity contribution in [2.75, 3.05) is 14.2 Å².